The van der Waals surface area contributed by atoms with Crippen LogP contribution in [0, 0.1) is 11.3 Å². The van der Waals surface area contributed by atoms with E-state index in [0.717, 1.165) is 13.0 Å². The Kier molecular flexibility index (Phi) is 4.37. The van der Waals surface area contributed by atoms with E-state index >= 15 is 0 Å². The van der Waals surface area contributed by atoms with Crippen molar-refractivity contribution in [2.24, 2.45) is 0 Å². The van der Waals surface area contributed by atoms with Crippen LogP contribution in [0.25, 0.3) is 0 Å². The minimum atomic E-state index is -0.355. The van der Waals surface area contributed by atoms with Crippen LogP contribution in [0.4, 0.5) is 4.79 Å². The third kappa shape index (κ3) is 3.40. The molecule has 84 valence electrons. The minimum absolute atomic E-state index is 0.312. The van der Waals surface area contributed by atoms with Crippen molar-refractivity contribution in [1.29, 1.82) is 5.26 Å². The molecule has 0 aliphatic carbocycles. The SMILES string of the molecule is CN(C)CCCN1C(=O)OCCC1C#N. The molecule has 0 N–H and O–H groups in total. The highest BCUT2D eigenvalue weighted by atomic mass is 16.6. The number of ether oxygens (including phenoxy) is 1. The monoisotopic (exact) mass is 211 g/mol. The van der Waals surface area contributed by atoms with Gasteiger partial charge in [-0.15, -0.1) is 0 Å². The number of hydrogen-bond donors (Lipinski definition) is 0. The first-order chi connectivity index (χ1) is 7.15. The van der Waals surface area contributed by atoms with Crippen molar-refractivity contribution >= 4 is 6.09 Å². The van der Waals surface area contributed by atoms with E-state index in [2.05, 4.69) is 11.0 Å². The van der Waals surface area contributed by atoms with E-state index in [1.807, 2.05) is 14.1 Å². The molecule has 0 bridgehead atoms. The first-order valence-electron chi connectivity index (χ1n) is 5.13. The Hall–Kier alpha value is -1.28. The third-order valence-electron chi connectivity index (χ3n) is 2.38. The van der Waals surface area contributed by atoms with Crippen molar-refractivity contribution in [3.8, 4) is 6.07 Å². The maximum Gasteiger partial charge on any atom is 0.410 e. The number of hydrogen-bond acceptors (Lipinski definition) is 4. The highest BCUT2D eigenvalue weighted by Crippen LogP contribution is 2.13. The Morgan fingerprint density at radius 1 is 1.67 bits per heavy atom. The fourth-order valence-corrected chi connectivity index (χ4v) is 1.56. The van der Waals surface area contributed by atoms with E-state index in [-0.39, 0.29) is 12.1 Å². The molecule has 0 radical (unpaired) electrons. The van der Waals surface area contributed by atoms with Crippen LogP contribution in [0.1, 0.15) is 12.8 Å². The van der Waals surface area contributed by atoms with Crippen molar-refractivity contribution in [2.75, 3.05) is 33.8 Å². The van der Waals surface area contributed by atoms with Crippen LogP contribution in [-0.2, 0) is 4.74 Å². The summed E-state index contributed by atoms with van der Waals surface area (Å²) in [5.74, 6) is 0. The lowest BCUT2D eigenvalue weighted by atomic mass is 10.2. The molecule has 5 heteroatoms. The summed E-state index contributed by atoms with van der Waals surface area (Å²) in [5, 5.41) is 8.88. The lowest BCUT2D eigenvalue weighted by molar-refractivity contribution is 0.0566. The Labute approximate surface area is 90.2 Å². The highest BCUT2D eigenvalue weighted by Gasteiger charge is 2.28. The normalized spacial score (nSPS) is 21.3. The molecule has 0 aromatic carbocycles. The molecule has 1 aliphatic rings. The number of carbonyl (C=O) groups excluding carboxylic acids is 1. The van der Waals surface area contributed by atoms with Crippen LogP contribution in [0.5, 0.6) is 0 Å². The van der Waals surface area contributed by atoms with Crippen molar-refractivity contribution < 1.29 is 9.53 Å². The maximum atomic E-state index is 11.4. The van der Waals surface area contributed by atoms with Gasteiger partial charge < -0.3 is 9.64 Å². The molecule has 5 nitrogen and oxygen atoms in total. The first-order valence-corrected chi connectivity index (χ1v) is 5.13. The van der Waals surface area contributed by atoms with Crippen LogP contribution in [0.3, 0.4) is 0 Å². The second kappa shape index (κ2) is 5.56. The lowest BCUT2D eigenvalue weighted by Gasteiger charge is -2.30. The second-order valence-electron chi connectivity index (χ2n) is 3.90. The quantitative estimate of drug-likeness (QED) is 0.686. The summed E-state index contributed by atoms with van der Waals surface area (Å²) >= 11 is 0. The molecule has 1 atom stereocenters. The van der Waals surface area contributed by atoms with Gasteiger partial charge in [-0.25, -0.2) is 4.79 Å². The fraction of sp³-hybridized carbons (Fsp3) is 0.800. The van der Waals surface area contributed by atoms with Crippen molar-refractivity contribution in [2.45, 2.75) is 18.9 Å². The molecular weight excluding hydrogens is 194 g/mol. The summed E-state index contributed by atoms with van der Waals surface area (Å²) in [6.45, 7) is 1.86. The Bertz CT molecular complexity index is 260. The molecule has 0 aromatic heterocycles. The highest BCUT2D eigenvalue weighted by molar-refractivity contribution is 5.69. The van der Waals surface area contributed by atoms with Gasteiger partial charge >= 0.3 is 6.09 Å². The molecule has 1 heterocycles. The lowest BCUT2D eigenvalue weighted by Crippen LogP contribution is -2.45. The smallest absolute Gasteiger partial charge is 0.410 e. The summed E-state index contributed by atoms with van der Waals surface area (Å²) in [4.78, 5) is 15.0. The number of nitrogens with zero attached hydrogens (tertiary/aromatic N) is 3. The molecule has 15 heavy (non-hydrogen) atoms. The fourth-order valence-electron chi connectivity index (χ4n) is 1.56. The predicted octanol–water partition coefficient (Wildman–Crippen LogP) is 0.673. The van der Waals surface area contributed by atoms with Gasteiger partial charge in [0.15, 0.2) is 0 Å². The van der Waals surface area contributed by atoms with Crippen molar-refractivity contribution in [3.05, 3.63) is 0 Å². The van der Waals surface area contributed by atoms with Crippen LogP contribution in [-0.4, -0.2) is 55.7 Å². The van der Waals surface area contributed by atoms with E-state index in [1.165, 1.54) is 4.90 Å². The average Bonchev–Trinajstić information content (AvgIpc) is 2.20. The van der Waals surface area contributed by atoms with Gasteiger partial charge in [-0.3, -0.25) is 4.90 Å². The molecular formula is C10H17N3O2. The van der Waals surface area contributed by atoms with Crippen LogP contribution in [0.2, 0.25) is 0 Å². The second-order valence-corrected chi connectivity index (χ2v) is 3.90. The topological polar surface area (TPSA) is 56.6 Å². The van der Waals surface area contributed by atoms with Crippen molar-refractivity contribution in [3.63, 3.8) is 0 Å². The predicted molar refractivity (Wildman–Crippen MR) is 55.2 cm³/mol. The zero-order valence-electron chi connectivity index (χ0n) is 9.27. The number of carbonyl (C=O) groups is 1. The Morgan fingerprint density at radius 3 is 3.00 bits per heavy atom. The summed E-state index contributed by atoms with van der Waals surface area (Å²) in [6.07, 6.45) is 1.12. The number of cyclic esters (lactones) is 1. The van der Waals surface area contributed by atoms with Gasteiger partial charge in [0.05, 0.1) is 12.7 Å². The summed E-state index contributed by atoms with van der Waals surface area (Å²) in [7, 11) is 3.96. The Morgan fingerprint density at radius 2 is 2.40 bits per heavy atom. The van der Waals surface area contributed by atoms with E-state index < -0.39 is 0 Å². The van der Waals surface area contributed by atoms with Gasteiger partial charge in [0.2, 0.25) is 0 Å². The van der Waals surface area contributed by atoms with Crippen molar-refractivity contribution in [1.82, 2.24) is 9.80 Å². The van der Waals surface area contributed by atoms with Gasteiger partial charge in [-0.2, -0.15) is 5.26 Å². The van der Waals surface area contributed by atoms with Gasteiger partial charge in [0.25, 0.3) is 0 Å². The minimum Gasteiger partial charge on any atom is -0.449 e. The molecule has 1 rings (SSSR count). The van der Waals surface area contributed by atoms with Gasteiger partial charge in [-0.05, 0) is 27.1 Å². The Balaban J connectivity index is 2.41. The third-order valence-corrected chi connectivity index (χ3v) is 2.38. The number of rotatable bonds is 4. The van der Waals surface area contributed by atoms with E-state index in [9.17, 15) is 4.79 Å². The van der Waals surface area contributed by atoms with Crippen LogP contribution >= 0.6 is 0 Å². The van der Waals surface area contributed by atoms with Gasteiger partial charge in [0.1, 0.15) is 6.04 Å². The molecule has 1 unspecified atom stereocenters. The molecule has 0 saturated carbocycles. The first kappa shape index (κ1) is 11.8. The number of nitriles is 1. The van der Waals surface area contributed by atoms with E-state index in [1.54, 1.807) is 0 Å². The number of amides is 1. The molecule has 0 spiro atoms. The standard InChI is InChI=1S/C10H17N3O2/c1-12(2)5-3-6-13-9(8-11)4-7-15-10(13)14/h9H,3-7H2,1-2H3. The summed E-state index contributed by atoms with van der Waals surface area (Å²) in [6, 6.07) is 1.82. The molecule has 1 fully saturated rings. The van der Waals surface area contributed by atoms with Gasteiger partial charge in [0, 0.05) is 13.0 Å². The summed E-state index contributed by atoms with van der Waals surface area (Å²) < 4.78 is 4.90. The van der Waals surface area contributed by atoms with Crippen LogP contribution in [0.15, 0.2) is 0 Å². The molecule has 0 aromatic rings. The summed E-state index contributed by atoms with van der Waals surface area (Å²) in [5.41, 5.74) is 0. The molecule has 1 amide bonds. The molecule has 1 saturated heterocycles. The maximum absolute atomic E-state index is 11.4. The zero-order chi connectivity index (χ0) is 11.3. The van der Waals surface area contributed by atoms with E-state index in [0.29, 0.717) is 19.6 Å². The van der Waals surface area contributed by atoms with Crippen LogP contribution < -0.4 is 0 Å². The van der Waals surface area contributed by atoms with Gasteiger partial charge in [-0.1, -0.05) is 0 Å². The van der Waals surface area contributed by atoms with E-state index in [4.69, 9.17) is 10.00 Å². The average molecular weight is 211 g/mol. The zero-order valence-corrected chi connectivity index (χ0v) is 9.27. The largest absolute Gasteiger partial charge is 0.449 e. The molecule has 1 aliphatic heterocycles.